The van der Waals surface area contributed by atoms with Gasteiger partial charge in [0.2, 0.25) is 0 Å². The predicted octanol–water partition coefficient (Wildman–Crippen LogP) is 6.02. The van der Waals surface area contributed by atoms with Crippen LogP contribution in [0.3, 0.4) is 0 Å². The fourth-order valence-electron chi connectivity index (χ4n) is 3.24. The number of nitrogens with one attached hydrogen (secondary N) is 1. The average Bonchev–Trinajstić information content (AvgIpc) is 2.92. The lowest BCUT2D eigenvalue weighted by Crippen LogP contribution is -2.01. The highest BCUT2D eigenvalue weighted by Gasteiger charge is 2.18. The van der Waals surface area contributed by atoms with Crippen molar-refractivity contribution in [2.24, 2.45) is 0 Å². The Hall–Kier alpha value is -2.99. The molecule has 0 radical (unpaired) electrons. The number of fused-ring (bicyclic) bond motifs is 1. The number of benzene rings is 2. The molecule has 0 aliphatic carbocycles. The second kappa shape index (κ2) is 6.87. The molecule has 0 saturated carbocycles. The molecule has 28 heavy (non-hydrogen) atoms. The van der Waals surface area contributed by atoms with E-state index in [1.165, 1.54) is 12.4 Å². The van der Waals surface area contributed by atoms with Gasteiger partial charge in [-0.1, -0.05) is 17.7 Å². The second-order valence-corrected chi connectivity index (χ2v) is 7.06. The van der Waals surface area contributed by atoms with E-state index in [4.69, 9.17) is 11.6 Å². The highest BCUT2D eigenvalue weighted by Crippen LogP contribution is 2.33. The van der Waals surface area contributed by atoms with Crippen molar-refractivity contribution in [1.82, 2.24) is 14.5 Å². The molecule has 4 rings (SSSR count). The van der Waals surface area contributed by atoms with Crippen LogP contribution >= 0.6 is 11.6 Å². The quantitative estimate of drug-likeness (QED) is 0.458. The van der Waals surface area contributed by atoms with Crippen molar-refractivity contribution in [1.29, 1.82) is 0 Å². The fraction of sp³-hybridized carbons (Fsp3) is 0.143. The number of hydrogen-bond donors (Lipinski definition) is 1. The molecule has 0 bridgehead atoms. The smallest absolute Gasteiger partial charge is 0.160 e. The van der Waals surface area contributed by atoms with Gasteiger partial charge in [0.1, 0.15) is 12.1 Å². The molecule has 0 amide bonds. The molecule has 0 atom stereocenters. The van der Waals surface area contributed by atoms with Gasteiger partial charge in [0.15, 0.2) is 17.3 Å². The van der Waals surface area contributed by atoms with Crippen LogP contribution in [0.5, 0.6) is 0 Å². The summed E-state index contributed by atoms with van der Waals surface area (Å²) in [5, 5.41) is 4.75. The molecule has 0 saturated heterocycles. The van der Waals surface area contributed by atoms with Crippen LogP contribution in [0.2, 0.25) is 5.02 Å². The second-order valence-electron chi connectivity index (χ2n) is 6.65. The van der Waals surface area contributed by atoms with Gasteiger partial charge in [-0.15, -0.1) is 0 Å². The Morgan fingerprint density at radius 2 is 1.75 bits per heavy atom. The van der Waals surface area contributed by atoms with Crippen molar-refractivity contribution in [3.8, 4) is 5.69 Å². The SMILES string of the molecule is Cc1ccc(Nc2ncnc3c2c(C)c(C)n3-c2ccc(F)c(F)c2)cc1Cl. The molecule has 0 aliphatic rings. The summed E-state index contributed by atoms with van der Waals surface area (Å²) in [5.74, 6) is -1.17. The maximum atomic E-state index is 13.8. The Kier molecular flexibility index (Phi) is 4.51. The molecule has 2 heterocycles. The Labute approximate surface area is 165 Å². The van der Waals surface area contributed by atoms with Crippen LogP contribution in [0.4, 0.5) is 20.3 Å². The topological polar surface area (TPSA) is 42.7 Å². The van der Waals surface area contributed by atoms with Gasteiger partial charge in [-0.25, -0.2) is 18.7 Å². The first kappa shape index (κ1) is 18.4. The zero-order valence-corrected chi connectivity index (χ0v) is 16.3. The largest absolute Gasteiger partial charge is 0.340 e. The van der Waals surface area contributed by atoms with E-state index in [0.29, 0.717) is 22.2 Å². The van der Waals surface area contributed by atoms with Gasteiger partial charge in [0, 0.05) is 22.5 Å². The lowest BCUT2D eigenvalue weighted by molar-refractivity contribution is 0.508. The van der Waals surface area contributed by atoms with Gasteiger partial charge in [-0.2, -0.15) is 0 Å². The summed E-state index contributed by atoms with van der Waals surface area (Å²) in [6.45, 7) is 5.79. The molecular weight excluding hydrogens is 382 g/mol. The maximum Gasteiger partial charge on any atom is 0.160 e. The third kappa shape index (κ3) is 2.99. The molecule has 0 aliphatic heterocycles. The van der Waals surface area contributed by atoms with Crippen molar-refractivity contribution in [2.75, 3.05) is 5.32 Å². The number of halogens is 3. The molecular formula is C21H17ClF2N4. The van der Waals surface area contributed by atoms with Crippen LogP contribution in [-0.2, 0) is 0 Å². The van der Waals surface area contributed by atoms with Crippen LogP contribution in [0.15, 0.2) is 42.7 Å². The predicted molar refractivity (Wildman–Crippen MR) is 108 cm³/mol. The van der Waals surface area contributed by atoms with Crippen molar-refractivity contribution >= 4 is 34.1 Å². The summed E-state index contributed by atoms with van der Waals surface area (Å²) in [4.78, 5) is 8.78. The van der Waals surface area contributed by atoms with Crippen LogP contribution < -0.4 is 5.32 Å². The normalized spacial score (nSPS) is 11.2. The zero-order valence-electron chi connectivity index (χ0n) is 15.5. The third-order valence-corrected chi connectivity index (χ3v) is 5.30. The molecule has 4 aromatic rings. The number of anilines is 2. The van der Waals surface area contributed by atoms with Crippen LogP contribution in [-0.4, -0.2) is 14.5 Å². The molecule has 0 fully saturated rings. The molecule has 2 aromatic heterocycles. The van der Waals surface area contributed by atoms with Gasteiger partial charge in [0.25, 0.3) is 0 Å². The fourth-order valence-corrected chi connectivity index (χ4v) is 3.42. The van der Waals surface area contributed by atoms with Crippen LogP contribution in [0, 0.1) is 32.4 Å². The minimum absolute atomic E-state index is 0.498. The van der Waals surface area contributed by atoms with Gasteiger partial charge in [-0.05, 0) is 56.2 Å². The lowest BCUT2D eigenvalue weighted by Gasteiger charge is -2.10. The van der Waals surface area contributed by atoms with Crippen LogP contribution in [0.25, 0.3) is 16.7 Å². The number of aromatic nitrogens is 3. The first-order chi connectivity index (χ1) is 13.4. The molecule has 142 valence electrons. The Morgan fingerprint density at radius 3 is 2.46 bits per heavy atom. The van der Waals surface area contributed by atoms with Gasteiger partial charge >= 0.3 is 0 Å². The van der Waals surface area contributed by atoms with Crippen molar-refractivity contribution in [3.63, 3.8) is 0 Å². The van der Waals surface area contributed by atoms with E-state index in [0.717, 1.165) is 40.0 Å². The minimum atomic E-state index is -0.905. The van der Waals surface area contributed by atoms with Crippen molar-refractivity contribution < 1.29 is 8.78 Å². The summed E-state index contributed by atoms with van der Waals surface area (Å²) < 4.78 is 29.0. The van der Waals surface area contributed by atoms with E-state index in [1.54, 1.807) is 4.57 Å². The summed E-state index contributed by atoms with van der Waals surface area (Å²) >= 11 is 6.22. The van der Waals surface area contributed by atoms with Gasteiger partial charge in [0.05, 0.1) is 11.1 Å². The van der Waals surface area contributed by atoms with E-state index in [1.807, 2.05) is 39.0 Å². The molecule has 4 nitrogen and oxygen atoms in total. The van der Waals surface area contributed by atoms with E-state index >= 15 is 0 Å². The van der Waals surface area contributed by atoms with E-state index in [9.17, 15) is 8.78 Å². The molecule has 0 unspecified atom stereocenters. The lowest BCUT2D eigenvalue weighted by atomic mass is 10.2. The maximum absolute atomic E-state index is 13.8. The highest BCUT2D eigenvalue weighted by atomic mass is 35.5. The number of hydrogen-bond acceptors (Lipinski definition) is 3. The molecule has 0 spiro atoms. The summed E-state index contributed by atoms with van der Waals surface area (Å²) in [5.41, 5.74) is 4.70. The Bertz CT molecular complexity index is 1220. The van der Waals surface area contributed by atoms with E-state index in [2.05, 4.69) is 15.3 Å². The first-order valence-corrected chi connectivity index (χ1v) is 9.06. The third-order valence-electron chi connectivity index (χ3n) is 4.89. The number of nitrogens with zero attached hydrogens (tertiary/aromatic N) is 3. The Morgan fingerprint density at radius 1 is 0.964 bits per heavy atom. The number of rotatable bonds is 3. The van der Waals surface area contributed by atoms with E-state index < -0.39 is 11.6 Å². The van der Waals surface area contributed by atoms with Gasteiger partial charge in [-0.3, -0.25) is 4.57 Å². The van der Waals surface area contributed by atoms with Crippen molar-refractivity contribution in [2.45, 2.75) is 20.8 Å². The zero-order chi connectivity index (χ0) is 20.0. The monoisotopic (exact) mass is 398 g/mol. The summed E-state index contributed by atoms with van der Waals surface area (Å²) in [6.07, 6.45) is 1.44. The minimum Gasteiger partial charge on any atom is -0.340 e. The average molecular weight is 399 g/mol. The van der Waals surface area contributed by atoms with Crippen LogP contribution in [0.1, 0.15) is 16.8 Å². The highest BCUT2D eigenvalue weighted by molar-refractivity contribution is 6.31. The first-order valence-electron chi connectivity index (χ1n) is 8.68. The van der Waals surface area contributed by atoms with Crippen molar-refractivity contribution in [3.05, 3.63) is 76.2 Å². The van der Waals surface area contributed by atoms with Gasteiger partial charge < -0.3 is 5.32 Å². The molecule has 1 N–H and O–H groups in total. The Balaban J connectivity index is 1.89. The summed E-state index contributed by atoms with van der Waals surface area (Å²) in [7, 11) is 0. The summed E-state index contributed by atoms with van der Waals surface area (Å²) in [6, 6.07) is 9.48. The molecule has 2 aromatic carbocycles. The van der Waals surface area contributed by atoms with E-state index in [-0.39, 0.29) is 0 Å². The molecule has 7 heteroatoms. The standard InChI is InChI=1S/C21H17ClF2N4/c1-11-4-5-14(8-16(11)22)27-20-19-12(2)13(3)28(21(19)26-10-25-20)15-6-7-17(23)18(24)9-15/h4-10H,1-3H3,(H,25,26,27). The number of aryl methyl sites for hydroxylation is 2.